The first-order valence-corrected chi connectivity index (χ1v) is 6.83. The Kier molecular flexibility index (Phi) is 6.06. The van der Waals surface area contributed by atoms with Crippen LogP contribution in [-0.2, 0) is 0 Å². The maximum Gasteiger partial charge on any atom is 0.0367 e. The Labute approximate surface area is 106 Å². The van der Waals surface area contributed by atoms with Crippen LogP contribution in [0.1, 0.15) is 26.3 Å². The van der Waals surface area contributed by atoms with Crippen LogP contribution in [0.25, 0.3) is 0 Å². The van der Waals surface area contributed by atoms with Crippen molar-refractivity contribution in [3.8, 4) is 0 Å². The highest BCUT2D eigenvalue weighted by Crippen LogP contribution is 2.16. The summed E-state index contributed by atoms with van der Waals surface area (Å²) in [6.45, 7) is 14.3. The fraction of sp³-hybridized carbons (Fsp3) is 0.600. The molecule has 96 valence electrons. The highest BCUT2D eigenvalue weighted by Gasteiger charge is 2.15. The summed E-state index contributed by atoms with van der Waals surface area (Å²) in [6, 6.07) is 8.86. The van der Waals surface area contributed by atoms with E-state index in [1.165, 1.54) is 30.9 Å². The van der Waals surface area contributed by atoms with Crippen LogP contribution in [0.3, 0.4) is 0 Å². The first kappa shape index (κ1) is 14.0. The minimum absolute atomic E-state index is 1.16. The Morgan fingerprint density at radius 1 is 0.941 bits per heavy atom. The second-order valence-corrected chi connectivity index (χ2v) is 4.26. The van der Waals surface area contributed by atoms with Gasteiger partial charge in [0, 0.05) is 31.9 Å². The molecule has 1 saturated heterocycles. The lowest BCUT2D eigenvalue weighted by molar-refractivity contribution is 0.271. The topological polar surface area (TPSA) is 6.48 Å². The minimum Gasteiger partial charge on any atom is -0.369 e. The number of likely N-dealkylation sites (N-methyl/N-ethyl adjacent to an activating group) is 1. The van der Waals surface area contributed by atoms with Crippen molar-refractivity contribution in [2.45, 2.75) is 27.7 Å². The predicted octanol–water partition coefficient (Wildman–Crippen LogP) is 3.16. The number of benzene rings is 1. The van der Waals surface area contributed by atoms with Crippen molar-refractivity contribution in [1.82, 2.24) is 4.90 Å². The van der Waals surface area contributed by atoms with Gasteiger partial charge in [-0.05, 0) is 25.6 Å². The Morgan fingerprint density at radius 3 is 1.94 bits per heavy atom. The highest BCUT2D eigenvalue weighted by atomic mass is 15.3. The quantitative estimate of drug-likeness (QED) is 0.775. The zero-order valence-electron chi connectivity index (χ0n) is 11.7. The monoisotopic (exact) mass is 234 g/mol. The normalized spacial score (nSPS) is 16.4. The molecule has 1 aliphatic heterocycles. The second kappa shape index (κ2) is 7.33. The van der Waals surface area contributed by atoms with E-state index in [1.54, 1.807) is 0 Å². The van der Waals surface area contributed by atoms with Crippen LogP contribution in [0.15, 0.2) is 24.3 Å². The molecule has 0 atom stereocenters. The summed E-state index contributed by atoms with van der Waals surface area (Å²) in [5.74, 6) is 0. The van der Waals surface area contributed by atoms with Crippen LogP contribution < -0.4 is 4.90 Å². The van der Waals surface area contributed by atoms with Crippen molar-refractivity contribution in [1.29, 1.82) is 0 Å². The third kappa shape index (κ3) is 4.04. The van der Waals surface area contributed by atoms with Crippen LogP contribution in [0.4, 0.5) is 5.69 Å². The lowest BCUT2D eigenvalue weighted by Crippen LogP contribution is -2.46. The number of piperazine rings is 1. The Morgan fingerprint density at radius 2 is 1.47 bits per heavy atom. The van der Waals surface area contributed by atoms with Gasteiger partial charge in [-0.3, -0.25) is 0 Å². The molecule has 2 rings (SSSR count). The number of nitrogens with zero attached hydrogens (tertiary/aromatic N) is 2. The number of anilines is 1. The van der Waals surface area contributed by atoms with Gasteiger partial charge in [0.25, 0.3) is 0 Å². The molecule has 2 nitrogen and oxygen atoms in total. The molecule has 0 unspecified atom stereocenters. The van der Waals surface area contributed by atoms with Crippen LogP contribution >= 0.6 is 0 Å². The smallest absolute Gasteiger partial charge is 0.0367 e. The van der Waals surface area contributed by atoms with Gasteiger partial charge in [0.2, 0.25) is 0 Å². The summed E-state index contributed by atoms with van der Waals surface area (Å²) in [4.78, 5) is 4.98. The van der Waals surface area contributed by atoms with E-state index < -0.39 is 0 Å². The Balaban J connectivity index is 0.000000686. The molecule has 0 spiro atoms. The molecule has 1 aliphatic rings. The average Bonchev–Trinajstić information content (AvgIpc) is 2.42. The summed E-state index contributed by atoms with van der Waals surface area (Å²) in [7, 11) is 0. The SMILES string of the molecule is CC.CCN1CCN(c2ccc(C)cc2)CC1. The van der Waals surface area contributed by atoms with Crippen molar-refractivity contribution in [2.24, 2.45) is 0 Å². The molecule has 0 aromatic heterocycles. The fourth-order valence-corrected chi connectivity index (χ4v) is 2.08. The molecule has 0 saturated carbocycles. The Hall–Kier alpha value is -1.02. The molecular formula is C15H26N2. The molecule has 0 bridgehead atoms. The number of aryl methyl sites for hydroxylation is 1. The lowest BCUT2D eigenvalue weighted by Gasteiger charge is -2.35. The summed E-state index contributed by atoms with van der Waals surface area (Å²) < 4.78 is 0. The molecule has 17 heavy (non-hydrogen) atoms. The van der Waals surface area contributed by atoms with E-state index >= 15 is 0 Å². The van der Waals surface area contributed by atoms with Crippen LogP contribution in [0, 0.1) is 6.92 Å². The van der Waals surface area contributed by atoms with E-state index in [-0.39, 0.29) is 0 Å². The average molecular weight is 234 g/mol. The van der Waals surface area contributed by atoms with Crippen molar-refractivity contribution in [3.05, 3.63) is 29.8 Å². The van der Waals surface area contributed by atoms with Crippen molar-refractivity contribution in [2.75, 3.05) is 37.6 Å². The predicted molar refractivity (Wildman–Crippen MR) is 76.9 cm³/mol. The van der Waals surface area contributed by atoms with Gasteiger partial charge in [0.15, 0.2) is 0 Å². The van der Waals surface area contributed by atoms with Crippen molar-refractivity contribution >= 4 is 5.69 Å². The van der Waals surface area contributed by atoms with Gasteiger partial charge >= 0.3 is 0 Å². The van der Waals surface area contributed by atoms with Gasteiger partial charge in [-0.1, -0.05) is 38.5 Å². The highest BCUT2D eigenvalue weighted by molar-refractivity contribution is 5.47. The van der Waals surface area contributed by atoms with Gasteiger partial charge in [-0.15, -0.1) is 0 Å². The Bertz CT molecular complexity index is 297. The molecule has 1 heterocycles. The van der Waals surface area contributed by atoms with E-state index in [1.807, 2.05) is 13.8 Å². The number of rotatable bonds is 2. The maximum absolute atomic E-state index is 2.50. The molecular weight excluding hydrogens is 208 g/mol. The van der Waals surface area contributed by atoms with Gasteiger partial charge in [0.1, 0.15) is 0 Å². The number of hydrogen-bond acceptors (Lipinski definition) is 2. The minimum atomic E-state index is 1.16. The van der Waals surface area contributed by atoms with Crippen LogP contribution in [0.2, 0.25) is 0 Å². The van der Waals surface area contributed by atoms with Gasteiger partial charge < -0.3 is 9.80 Å². The summed E-state index contributed by atoms with van der Waals surface area (Å²) in [5, 5.41) is 0. The molecule has 0 N–H and O–H groups in total. The summed E-state index contributed by atoms with van der Waals surface area (Å²) in [6.07, 6.45) is 0. The fourth-order valence-electron chi connectivity index (χ4n) is 2.08. The van der Waals surface area contributed by atoms with Crippen LogP contribution in [0.5, 0.6) is 0 Å². The van der Waals surface area contributed by atoms with E-state index in [9.17, 15) is 0 Å². The van der Waals surface area contributed by atoms with E-state index in [0.29, 0.717) is 0 Å². The summed E-state index contributed by atoms with van der Waals surface area (Å²) >= 11 is 0. The maximum atomic E-state index is 2.50. The van der Waals surface area contributed by atoms with Crippen molar-refractivity contribution in [3.63, 3.8) is 0 Å². The molecule has 1 aromatic rings. The molecule has 2 heteroatoms. The van der Waals surface area contributed by atoms with E-state index in [2.05, 4.69) is 47.9 Å². The zero-order valence-corrected chi connectivity index (χ0v) is 11.7. The molecule has 1 fully saturated rings. The van der Waals surface area contributed by atoms with Gasteiger partial charge in [-0.25, -0.2) is 0 Å². The van der Waals surface area contributed by atoms with Crippen LogP contribution in [-0.4, -0.2) is 37.6 Å². The molecule has 1 aromatic carbocycles. The zero-order chi connectivity index (χ0) is 12.7. The third-order valence-corrected chi connectivity index (χ3v) is 3.22. The third-order valence-electron chi connectivity index (χ3n) is 3.22. The molecule has 0 aliphatic carbocycles. The summed E-state index contributed by atoms with van der Waals surface area (Å²) in [5.41, 5.74) is 2.71. The first-order chi connectivity index (χ1) is 8.29. The second-order valence-electron chi connectivity index (χ2n) is 4.26. The largest absolute Gasteiger partial charge is 0.369 e. The van der Waals surface area contributed by atoms with Gasteiger partial charge in [0.05, 0.1) is 0 Å². The molecule has 0 radical (unpaired) electrons. The first-order valence-electron chi connectivity index (χ1n) is 6.83. The van der Waals surface area contributed by atoms with Gasteiger partial charge in [-0.2, -0.15) is 0 Å². The van der Waals surface area contributed by atoms with E-state index in [0.717, 1.165) is 13.1 Å². The van der Waals surface area contributed by atoms with Crippen molar-refractivity contribution < 1.29 is 0 Å². The standard InChI is InChI=1S/C13H20N2.C2H6/c1-3-14-8-10-15(11-9-14)13-6-4-12(2)5-7-13;1-2/h4-7H,3,8-11H2,1-2H3;1-2H3. The van der Waals surface area contributed by atoms with E-state index in [4.69, 9.17) is 0 Å². The lowest BCUT2D eigenvalue weighted by atomic mass is 10.2. The number of hydrogen-bond donors (Lipinski definition) is 0. The molecule has 0 amide bonds.